The molecule has 1 aliphatic carbocycles. The van der Waals surface area contributed by atoms with Gasteiger partial charge in [-0.25, -0.2) is 4.79 Å². The summed E-state index contributed by atoms with van der Waals surface area (Å²) in [5, 5.41) is 19.4. The Kier molecular flexibility index (Phi) is 12.2. The number of rotatable bonds is 12. The number of alkyl carbamates (subject to hydrolysis) is 1. The zero-order chi connectivity index (χ0) is 26.6. The summed E-state index contributed by atoms with van der Waals surface area (Å²) in [6, 6.07) is 8.97. The summed E-state index contributed by atoms with van der Waals surface area (Å²) in [5.41, 5.74) is 0.301. The molecule has 3 amide bonds. The van der Waals surface area contributed by atoms with E-state index in [0.717, 1.165) is 31.2 Å². The quantitative estimate of drug-likeness (QED) is 0.321. The maximum absolute atomic E-state index is 12.9. The highest BCUT2D eigenvalue weighted by Crippen LogP contribution is 2.28. The minimum atomic E-state index is -1.00. The molecule has 4 N–H and O–H groups in total. The molecule has 8 nitrogen and oxygen atoms in total. The van der Waals surface area contributed by atoms with Crippen molar-refractivity contribution in [2.45, 2.75) is 103 Å². The van der Waals surface area contributed by atoms with Crippen LogP contribution in [0.5, 0.6) is 0 Å². The summed E-state index contributed by atoms with van der Waals surface area (Å²) in [6.07, 6.45) is 5.74. The zero-order valence-corrected chi connectivity index (χ0v) is 22.3. The smallest absolute Gasteiger partial charge is 0.407 e. The molecular formula is C28H45N3O5. The molecule has 36 heavy (non-hydrogen) atoms. The Bertz CT molecular complexity index is 818. The highest BCUT2D eigenvalue weighted by Gasteiger charge is 2.30. The van der Waals surface area contributed by atoms with E-state index in [0.29, 0.717) is 31.7 Å². The van der Waals surface area contributed by atoms with Crippen LogP contribution >= 0.6 is 0 Å². The molecule has 1 saturated carbocycles. The van der Waals surface area contributed by atoms with E-state index in [1.807, 2.05) is 37.3 Å². The molecule has 202 valence electrons. The van der Waals surface area contributed by atoms with E-state index < -0.39 is 35.7 Å². The lowest BCUT2D eigenvalue weighted by molar-refractivity contribution is -0.136. The molecule has 0 radical (unpaired) electrons. The van der Waals surface area contributed by atoms with Crippen molar-refractivity contribution < 1.29 is 24.2 Å². The first kappa shape index (κ1) is 29.6. The number of carbonyl (C=O) groups excluding carboxylic acids is 3. The SMILES string of the molecule is CCCC(C(=O)NCc1ccccc1)C(=O)NCC(O)[C@H](CC1CCCCC1)NC(=O)OC(C)(C)C. The molecule has 1 aromatic carbocycles. The van der Waals surface area contributed by atoms with Crippen LogP contribution in [0.3, 0.4) is 0 Å². The number of nitrogens with one attached hydrogen (secondary N) is 3. The first-order valence-corrected chi connectivity index (χ1v) is 13.4. The van der Waals surface area contributed by atoms with Crippen LogP contribution < -0.4 is 16.0 Å². The summed E-state index contributed by atoms with van der Waals surface area (Å²) < 4.78 is 5.40. The molecule has 2 unspecified atom stereocenters. The fourth-order valence-electron chi connectivity index (χ4n) is 4.60. The number of ether oxygens (including phenoxy) is 1. The monoisotopic (exact) mass is 503 g/mol. The molecule has 1 aliphatic rings. The van der Waals surface area contributed by atoms with Gasteiger partial charge in [-0.15, -0.1) is 0 Å². The van der Waals surface area contributed by atoms with Crippen LogP contribution in [-0.4, -0.2) is 47.3 Å². The van der Waals surface area contributed by atoms with Gasteiger partial charge in [0.05, 0.1) is 12.1 Å². The Morgan fingerprint density at radius 2 is 1.67 bits per heavy atom. The molecule has 0 bridgehead atoms. The van der Waals surface area contributed by atoms with E-state index >= 15 is 0 Å². The predicted octanol–water partition coefficient (Wildman–Crippen LogP) is 4.06. The van der Waals surface area contributed by atoms with Crippen LogP contribution in [0.4, 0.5) is 4.79 Å². The topological polar surface area (TPSA) is 117 Å². The molecule has 0 heterocycles. The van der Waals surface area contributed by atoms with Gasteiger partial charge in [-0.05, 0) is 45.1 Å². The van der Waals surface area contributed by atoms with Gasteiger partial charge in [-0.1, -0.05) is 75.8 Å². The third-order valence-corrected chi connectivity index (χ3v) is 6.48. The molecule has 1 aromatic rings. The molecule has 2 rings (SSSR count). The number of amides is 3. The Labute approximate surface area is 215 Å². The van der Waals surface area contributed by atoms with E-state index in [1.165, 1.54) is 6.42 Å². The first-order chi connectivity index (χ1) is 17.1. The van der Waals surface area contributed by atoms with Gasteiger partial charge in [-0.2, -0.15) is 0 Å². The van der Waals surface area contributed by atoms with Gasteiger partial charge in [0, 0.05) is 13.1 Å². The standard InChI is InChI=1S/C28H45N3O5/c1-5-12-22(25(33)29-18-21-15-10-7-11-16-21)26(34)30-19-24(32)23(17-20-13-8-6-9-14-20)31-27(35)36-28(2,3)4/h7,10-11,15-16,20,22-24,32H,5-6,8-9,12-14,17-19H2,1-4H3,(H,29,33)(H,30,34)(H,31,35)/t22?,23-,24?/m0/s1. The van der Waals surface area contributed by atoms with Crippen molar-refractivity contribution in [1.82, 2.24) is 16.0 Å². The van der Waals surface area contributed by atoms with Crippen molar-refractivity contribution in [1.29, 1.82) is 0 Å². The zero-order valence-electron chi connectivity index (χ0n) is 22.3. The second-order valence-corrected chi connectivity index (χ2v) is 10.8. The summed E-state index contributed by atoms with van der Waals surface area (Å²) in [7, 11) is 0. The molecule has 0 aliphatic heterocycles. The fraction of sp³-hybridized carbons (Fsp3) is 0.679. The van der Waals surface area contributed by atoms with Gasteiger partial charge >= 0.3 is 6.09 Å². The van der Waals surface area contributed by atoms with E-state index in [9.17, 15) is 19.5 Å². The minimum absolute atomic E-state index is 0.0573. The molecule has 0 spiro atoms. The second kappa shape index (κ2) is 14.8. The predicted molar refractivity (Wildman–Crippen MR) is 140 cm³/mol. The van der Waals surface area contributed by atoms with E-state index in [1.54, 1.807) is 20.8 Å². The van der Waals surface area contributed by atoms with E-state index in [-0.39, 0.29) is 12.5 Å². The lowest BCUT2D eigenvalue weighted by atomic mass is 9.83. The lowest BCUT2D eigenvalue weighted by Gasteiger charge is -2.31. The van der Waals surface area contributed by atoms with Crippen molar-refractivity contribution in [2.75, 3.05) is 6.54 Å². The summed E-state index contributed by atoms with van der Waals surface area (Å²) in [5.74, 6) is -1.20. The number of hydrogen-bond acceptors (Lipinski definition) is 5. The third kappa shape index (κ3) is 11.0. The summed E-state index contributed by atoms with van der Waals surface area (Å²) in [6.45, 7) is 7.57. The Morgan fingerprint density at radius 3 is 2.28 bits per heavy atom. The molecule has 8 heteroatoms. The maximum atomic E-state index is 12.9. The van der Waals surface area contributed by atoms with Crippen molar-refractivity contribution in [3.8, 4) is 0 Å². The lowest BCUT2D eigenvalue weighted by Crippen LogP contribution is -2.51. The van der Waals surface area contributed by atoms with Crippen molar-refractivity contribution in [2.24, 2.45) is 11.8 Å². The molecular weight excluding hydrogens is 458 g/mol. The average molecular weight is 504 g/mol. The number of benzene rings is 1. The fourth-order valence-corrected chi connectivity index (χ4v) is 4.60. The largest absolute Gasteiger partial charge is 0.444 e. The average Bonchev–Trinajstić information content (AvgIpc) is 2.84. The van der Waals surface area contributed by atoms with Crippen molar-refractivity contribution >= 4 is 17.9 Å². The number of carbonyl (C=O) groups is 3. The molecule has 3 atom stereocenters. The second-order valence-electron chi connectivity index (χ2n) is 10.8. The first-order valence-electron chi connectivity index (χ1n) is 13.4. The van der Waals surface area contributed by atoms with Gasteiger partial charge in [-0.3, -0.25) is 9.59 Å². The van der Waals surface area contributed by atoms with Gasteiger partial charge in [0.2, 0.25) is 11.8 Å². The Hall–Kier alpha value is -2.61. The van der Waals surface area contributed by atoms with Crippen LogP contribution in [0.2, 0.25) is 0 Å². The van der Waals surface area contributed by atoms with Crippen molar-refractivity contribution in [3.63, 3.8) is 0 Å². The van der Waals surface area contributed by atoms with Gasteiger partial charge in [0.15, 0.2) is 0 Å². The van der Waals surface area contributed by atoms with E-state index in [2.05, 4.69) is 16.0 Å². The van der Waals surface area contributed by atoms with Crippen LogP contribution in [0, 0.1) is 11.8 Å². The number of aliphatic hydroxyl groups excluding tert-OH is 1. The highest BCUT2D eigenvalue weighted by atomic mass is 16.6. The van der Waals surface area contributed by atoms with Gasteiger partial charge in [0.25, 0.3) is 0 Å². The van der Waals surface area contributed by atoms with Crippen LogP contribution in [0.1, 0.15) is 84.6 Å². The van der Waals surface area contributed by atoms with Crippen molar-refractivity contribution in [3.05, 3.63) is 35.9 Å². The maximum Gasteiger partial charge on any atom is 0.407 e. The minimum Gasteiger partial charge on any atom is -0.444 e. The van der Waals surface area contributed by atoms with Crippen LogP contribution in [-0.2, 0) is 20.9 Å². The molecule has 1 fully saturated rings. The van der Waals surface area contributed by atoms with Crippen LogP contribution in [0.15, 0.2) is 30.3 Å². The molecule has 0 aromatic heterocycles. The van der Waals surface area contributed by atoms with Gasteiger partial charge in [0.1, 0.15) is 11.5 Å². The van der Waals surface area contributed by atoms with Crippen LogP contribution in [0.25, 0.3) is 0 Å². The van der Waals surface area contributed by atoms with E-state index in [4.69, 9.17) is 4.74 Å². The van der Waals surface area contributed by atoms with Gasteiger partial charge < -0.3 is 25.8 Å². The molecule has 0 saturated heterocycles. The number of aliphatic hydroxyl groups is 1. The Balaban J connectivity index is 1.96. The number of hydrogen-bond donors (Lipinski definition) is 4. The normalized spacial score (nSPS) is 16.9. The Morgan fingerprint density at radius 1 is 1.03 bits per heavy atom. The summed E-state index contributed by atoms with van der Waals surface area (Å²) in [4.78, 5) is 38.1. The highest BCUT2D eigenvalue weighted by molar-refractivity contribution is 6.00. The summed E-state index contributed by atoms with van der Waals surface area (Å²) >= 11 is 0. The third-order valence-electron chi connectivity index (χ3n) is 6.48.